The average Bonchev–Trinajstić information content (AvgIpc) is 2.68. The summed E-state index contributed by atoms with van der Waals surface area (Å²) in [4.78, 5) is 32.3. The molecule has 1 N–H and O–H groups in total. The van der Waals surface area contributed by atoms with Crippen LogP contribution in [-0.4, -0.2) is 72.2 Å². The average molecular weight is 376 g/mol. The smallest absolute Gasteiger partial charge is 0.317 e. The van der Waals surface area contributed by atoms with Crippen LogP contribution >= 0.6 is 0 Å². The molecule has 1 saturated carbocycles. The summed E-state index contributed by atoms with van der Waals surface area (Å²) in [5.74, 6) is 2.44. The zero-order chi connectivity index (χ0) is 19.4. The van der Waals surface area contributed by atoms with Crippen LogP contribution in [0.4, 0.5) is 16.7 Å². The van der Waals surface area contributed by atoms with Crippen LogP contribution in [0, 0.1) is 0 Å². The minimum Gasteiger partial charge on any atom is -0.347 e. The fraction of sp³-hybridized carbons (Fsp3) is 0.789. The Hall–Kier alpha value is -2.12. The lowest BCUT2D eigenvalue weighted by atomic mass is 9.96. The van der Waals surface area contributed by atoms with E-state index in [9.17, 15) is 4.79 Å². The Morgan fingerprint density at radius 2 is 1.70 bits per heavy atom. The molecule has 1 aromatic heterocycles. The molecule has 8 heteroatoms. The van der Waals surface area contributed by atoms with Crippen molar-refractivity contribution in [1.29, 1.82) is 0 Å². The largest absolute Gasteiger partial charge is 0.347 e. The van der Waals surface area contributed by atoms with E-state index in [1.165, 1.54) is 19.3 Å². The molecule has 0 spiro atoms. The van der Waals surface area contributed by atoms with E-state index in [-0.39, 0.29) is 11.9 Å². The van der Waals surface area contributed by atoms with Gasteiger partial charge in [-0.2, -0.15) is 15.0 Å². The summed E-state index contributed by atoms with van der Waals surface area (Å²) in [6.07, 6.45) is 5.98. The molecule has 1 aromatic rings. The lowest BCUT2D eigenvalue weighted by Gasteiger charge is -2.36. The molecule has 0 radical (unpaired) electrons. The van der Waals surface area contributed by atoms with Crippen LogP contribution in [-0.2, 0) is 0 Å². The normalized spacial score (nSPS) is 18.7. The van der Waals surface area contributed by atoms with Crippen LogP contribution in [0.1, 0.15) is 57.7 Å². The number of nitrogens with one attached hydrogen (secondary N) is 1. The number of amides is 2. The van der Waals surface area contributed by atoms with Gasteiger partial charge >= 0.3 is 6.03 Å². The summed E-state index contributed by atoms with van der Waals surface area (Å²) in [6, 6.07) is 0.429. The second kappa shape index (κ2) is 8.71. The highest BCUT2D eigenvalue weighted by molar-refractivity contribution is 5.74. The topological polar surface area (TPSA) is 77.5 Å². The van der Waals surface area contributed by atoms with Crippen molar-refractivity contribution in [2.75, 3.05) is 50.1 Å². The van der Waals surface area contributed by atoms with Gasteiger partial charge in [-0.3, -0.25) is 0 Å². The maximum atomic E-state index is 12.5. The first-order chi connectivity index (χ1) is 12.9. The van der Waals surface area contributed by atoms with Crippen LogP contribution < -0.4 is 15.1 Å². The van der Waals surface area contributed by atoms with Crippen LogP contribution in [0.25, 0.3) is 0 Å². The van der Waals surface area contributed by atoms with Gasteiger partial charge in [0, 0.05) is 52.2 Å². The fourth-order valence-electron chi connectivity index (χ4n) is 3.59. The van der Waals surface area contributed by atoms with Gasteiger partial charge < -0.3 is 20.0 Å². The minimum atomic E-state index is 0.0778. The summed E-state index contributed by atoms with van der Waals surface area (Å²) >= 11 is 0. The first-order valence-corrected chi connectivity index (χ1v) is 10.2. The third-order valence-electron chi connectivity index (χ3n) is 5.33. The van der Waals surface area contributed by atoms with Crippen LogP contribution in [0.5, 0.6) is 0 Å². The lowest BCUT2D eigenvalue weighted by molar-refractivity contribution is 0.186. The van der Waals surface area contributed by atoms with Crippen molar-refractivity contribution in [3.63, 3.8) is 0 Å². The summed E-state index contributed by atoms with van der Waals surface area (Å²) in [6.45, 7) is 7.05. The van der Waals surface area contributed by atoms with E-state index in [2.05, 4.69) is 39.0 Å². The van der Waals surface area contributed by atoms with Gasteiger partial charge in [-0.25, -0.2) is 4.79 Å². The zero-order valence-corrected chi connectivity index (χ0v) is 17.1. The number of carbonyl (C=O) groups excluding carboxylic acids is 1. The molecule has 0 atom stereocenters. The summed E-state index contributed by atoms with van der Waals surface area (Å²) in [5.41, 5.74) is 0. The van der Waals surface area contributed by atoms with Crippen molar-refractivity contribution >= 4 is 17.9 Å². The molecule has 1 aliphatic carbocycles. The Bertz CT molecular complexity index is 609. The van der Waals surface area contributed by atoms with Gasteiger partial charge in [0.15, 0.2) is 0 Å². The van der Waals surface area contributed by atoms with Crippen molar-refractivity contribution in [3.05, 3.63) is 5.82 Å². The van der Waals surface area contributed by atoms with Crippen molar-refractivity contribution in [2.24, 2.45) is 0 Å². The van der Waals surface area contributed by atoms with E-state index >= 15 is 0 Å². The van der Waals surface area contributed by atoms with Crippen LogP contribution in [0.15, 0.2) is 0 Å². The monoisotopic (exact) mass is 375 g/mol. The van der Waals surface area contributed by atoms with E-state index in [1.54, 1.807) is 0 Å². The Balaban J connectivity index is 1.60. The third-order valence-corrected chi connectivity index (χ3v) is 5.33. The summed E-state index contributed by atoms with van der Waals surface area (Å²) in [7, 11) is 3.88. The molecule has 150 valence electrons. The second-order valence-electron chi connectivity index (χ2n) is 8.10. The van der Waals surface area contributed by atoms with Crippen LogP contribution in [0.2, 0.25) is 0 Å². The SMILES string of the molecule is CC(C)c1nc(N(C)C)nc(N2CCN(C(=O)NC3CCCCC3)CC2)n1. The maximum absolute atomic E-state index is 12.5. The van der Waals surface area contributed by atoms with E-state index < -0.39 is 0 Å². The molecule has 2 amide bonds. The van der Waals surface area contributed by atoms with Crippen molar-refractivity contribution in [2.45, 2.75) is 57.9 Å². The molecule has 8 nitrogen and oxygen atoms in total. The standard InChI is InChI=1S/C19H33N7O/c1-14(2)16-21-17(24(3)4)23-18(22-16)25-10-12-26(13-11-25)19(27)20-15-8-6-5-7-9-15/h14-15H,5-13H2,1-4H3,(H,20,27). The van der Waals surface area contributed by atoms with Crippen molar-refractivity contribution in [3.8, 4) is 0 Å². The number of nitrogens with zero attached hydrogens (tertiary/aromatic N) is 6. The zero-order valence-electron chi connectivity index (χ0n) is 17.1. The first-order valence-electron chi connectivity index (χ1n) is 10.2. The molecule has 2 aliphatic rings. The molecular formula is C19H33N7O. The highest BCUT2D eigenvalue weighted by Gasteiger charge is 2.26. The highest BCUT2D eigenvalue weighted by atomic mass is 16.2. The van der Waals surface area contributed by atoms with Gasteiger partial charge in [0.25, 0.3) is 0 Å². The van der Waals surface area contributed by atoms with E-state index in [4.69, 9.17) is 0 Å². The number of hydrogen-bond donors (Lipinski definition) is 1. The van der Waals surface area contributed by atoms with E-state index in [0.29, 0.717) is 31.0 Å². The molecule has 0 bridgehead atoms. The number of hydrogen-bond acceptors (Lipinski definition) is 6. The quantitative estimate of drug-likeness (QED) is 0.869. The molecule has 2 heterocycles. The predicted octanol–water partition coefficient (Wildman–Crippen LogP) is 2.23. The lowest BCUT2D eigenvalue weighted by Crippen LogP contribution is -2.54. The number of rotatable bonds is 4. The third kappa shape index (κ3) is 4.99. The molecule has 27 heavy (non-hydrogen) atoms. The summed E-state index contributed by atoms with van der Waals surface area (Å²) in [5, 5.41) is 3.21. The first kappa shape index (κ1) is 19.6. The van der Waals surface area contributed by atoms with Gasteiger partial charge in [-0.15, -0.1) is 0 Å². The molecule has 0 aromatic carbocycles. The molecule has 3 rings (SSSR count). The summed E-state index contributed by atoms with van der Waals surface area (Å²) < 4.78 is 0. The Kier molecular flexibility index (Phi) is 6.34. The number of aromatic nitrogens is 3. The molecule has 2 fully saturated rings. The van der Waals surface area contributed by atoms with Gasteiger partial charge in [-0.05, 0) is 12.8 Å². The second-order valence-corrected chi connectivity index (χ2v) is 8.10. The minimum absolute atomic E-state index is 0.0778. The van der Waals surface area contributed by atoms with Gasteiger partial charge in [-0.1, -0.05) is 33.1 Å². The maximum Gasteiger partial charge on any atom is 0.317 e. The number of anilines is 2. The van der Waals surface area contributed by atoms with Gasteiger partial charge in [0.05, 0.1) is 0 Å². The van der Waals surface area contributed by atoms with Crippen molar-refractivity contribution in [1.82, 2.24) is 25.2 Å². The Morgan fingerprint density at radius 1 is 1.04 bits per heavy atom. The molecule has 1 aliphatic heterocycles. The van der Waals surface area contributed by atoms with Crippen molar-refractivity contribution < 1.29 is 4.79 Å². The molecular weight excluding hydrogens is 342 g/mol. The fourth-order valence-corrected chi connectivity index (χ4v) is 3.59. The number of piperazine rings is 1. The van der Waals surface area contributed by atoms with Crippen LogP contribution in [0.3, 0.4) is 0 Å². The number of carbonyl (C=O) groups is 1. The number of urea groups is 1. The van der Waals surface area contributed by atoms with Gasteiger partial charge in [0.1, 0.15) is 5.82 Å². The highest BCUT2D eigenvalue weighted by Crippen LogP contribution is 2.20. The van der Waals surface area contributed by atoms with E-state index in [1.807, 2.05) is 23.9 Å². The predicted molar refractivity (Wildman–Crippen MR) is 107 cm³/mol. The Labute approximate surface area is 162 Å². The van der Waals surface area contributed by atoms with E-state index in [0.717, 1.165) is 31.8 Å². The molecule has 1 saturated heterocycles. The molecule has 0 unspecified atom stereocenters. The Morgan fingerprint density at radius 3 is 2.30 bits per heavy atom. The van der Waals surface area contributed by atoms with Gasteiger partial charge in [0.2, 0.25) is 11.9 Å².